The Morgan fingerprint density at radius 2 is 1.73 bits per heavy atom. The van der Waals surface area contributed by atoms with Gasteiger partial charge in [0.05, 0.1) is 5.56 Å². The fraction of sp³-hybridized carbons (Fsp3) is 0.571. The van der Waals surface area contributed by atoms with Crippen LogP contribution in [0.5, 0.6) is 0 Å². The summed E-state index contributed by atoms with van der Waals surface area (Å²) < 4.78 is 53.3. The highest BCUT2D eigenvalue weighted by atomic mass is 19.4. The van der Waals surface area contributed by atoms with E-state index in [-0.39, 0.29) is 41.5 Å². The molecule has 0 aliphatic carbocycles. The Labute approximate surface area is 284 Å². The molecule has 1 unspecified atom stereocenters. The quantitative estimate of drug-likeness (QED) is 0.417. The molecule has 0 radical (unpaired) electrons. The predicted molar refractivity (Wildman–Crippen MR) is 177 cm³/mol. The van der Waals surface area contributed by atoms with Crippen molar-refractivity contribution < 1.29 is 37.0 Å². The molecule has 4 heterocycles. The average molecular weight is 687 g/mol. The fourth-order valence-corrected chi connectivity index (χ4v) is 7.36. The minimum absolute atomic E-state index is 0.0109. The Balaban J connectivity index is 1.12. The van der Waals surface area contributed by atoms with Gasteiger partial charge in [-0.25, -0.2) is 9.59 Å². The largest absolute Gasteiger partial charge is 0.436 e. The van der Waals surface area contributed by atoms with Gasteiger partial charge in [0.1, 0.15) is 6.23 Å². The molecule has 266 valence electrons. The van der Waals surface area contributed by atoms with E-state index < -0.39 is 29.8 Å². The lowest BCUT2D eigenvalue weighted by atomic mass is 9.98. The third-order valence-electron chi connectivity index (χ3n) is 10.2. The molecular formula is C35H45F3N6O5. The number of rotatable bonds is 6. The van der Waals surface area contributed by atoms with Crippen LogP contribution in [0.3, 0.4) is 0 Å². The van der Waals surface area contributed by atoms with Gasteiger partial charge in [-0.3, -0.25) is 9.69 Å². The topological polar surface area (TPSA) is 121 Å². The number of piperidine rings is 1. The molecule has 49 heavy (non-hydrogen) atoms. The first kappa shape index (κ1) is 34.8. The van der Waals surface area contributed by atoms with Gasteiger partial charge < -0.3 is 35.2 Å². The Bertz CT molecular complexity index is 1520. The number of hydrogen-bond donors (Lipinski definition) is 2. The van der Waals surface area contributed by atoms with E-state index in [9.17, 15) is 27.6 Å². The fourth-order valence-electron chi connectivity index (χ4n) is 7.36. The number of ether oxygens (including phenoxy) is 2. The number of nitrogen functional groups attached to an aromatic ring is 1. The number of carbonyl (C=O) groups excluding carboxylic acids is 3. The Morgan fingerprint density at radius 3 is 2.43 bits per heavy atom. The van der Waals surface area contributed by atoms with Crippen molar-refractivity contribution in [1.82, 2.24) is 19.6 Å². The van der Waals surface area contributed by atoms with Crippen LogP contribution in [0.4, 0.5) is 34.1 Å². The summed E-state index contributed by atoms with van der Waals surface area (Å²) >= 11 is 0. The summed E-state index contributed by atoms with van der Waals surface area (Å²) in [6.07, 6.45) is -2.14. The third-order valence-corrected chi connectivity index (χ3v) is 10.2. The van der Waals surface area contributed by atoms with Gasteiger partial charge in [0.2, 0.25) is 0 Å². The second-order valence-corrected chi connectivity index (χ2v) is 13.4. The van der Waals surface area contributed by atoms with Gasteiger partial charge in [0.25, 0.3) is 5.91 Å². The van der Waals surface area contributed by atoms with Gasteiger partial charge in [-0.2, -0.15) is 13.2 Å². The normalized spacial score (nSPS) is 21.8. The van der Waals surface area contributed by atoms with E-state index in [1.54, 1.807) is 4.90 Å². The molecule has 3 fully saturated rings. The summed E-state index contributed by atoms with van der Waals surface area (Å²) in [5.41, 5.74) is 6.71. The highest BCUT2D eigenvalue weighted by Crippen LogP contribution is 2.36. The summed E-state index contributed by atoms with van der Waals surface area (Å²) in [5, 5.41) is 2.99. The van der Waals surface area contributed by atoms with Crippen LogP contribution in [0.1, 0.15) is 54.4 Å². The number of urea groups is 1. The number of para-hydroxylation sites is 1. The minimum atomic E-state index is -4.68. The molecule has 11 nitrogen and oxygen atoms in total. The van der Waals surface area contributed by atoms with Gasteiger partial charge >= 0.3 is 18.3 Å². The molecule has 0 aromatic heterocycles. The first-order valence-electron chi connectivity index (χ1n) is 17.2. The van der Waals surface area contributed by atoms with Crippen LogP contribution in [0.15, 0.2) is 36.4 Å². The standard InChI is InChI=1S/C35H45F3N6O5/c1-23-20-24(21-27(31(23)39)35(36,37)38)22-29(32(45)42-17-15-41(16-18-42)30-8-4-5-19-48-30)49-34(47)43-12-10-26(11-13-43)44-14-9-25-6-2-3-7-28(25)40-33(44)46/h2-3,6-7,20-21,26,29-30H,4-5,8-19,22,39H2,1H3,(H,40,46)/t29-,30?/m1/s1. The average Bonchev–Trinajstić information content (AvgIpc) is 3.27. The van der Waals surface area contributed by atoms with Crippen molar-refractivity contribution in [1.29, 1.82) is 0 Å². The second kappa shape index (κ2) is 14.8. The monoisotopic (exact) mass is 686 g/mol. The van der Waals surface area contributed by atoms with Crippen molar-refractivity contribution in [2.45, 2.75) is 76.4 Å². The van der Waals surface area contributed by atoms with Crippen LogP contribution in [-0.2, 0) is 33.3 Å². The summed E-state index contributed by atoms with van der Waals surface area (Å²) in [6.45, 7) is 5.29. The summed E-state index contributed by atoms with van der Waals surface area (Å²) in [7, 11) is 0. The molecule has 4 aliphatic heterocycles. The van der Waals surface area contributed by atoms with Gasteiger partial charge in [-0.05, 0) is 74.3 Å². The number of amides is 4. The predicted octanol–water partition coefficient (Wildman–Crippen LogP) is 4.87. The lowest BCUT2D eigenvalue weighted by Crippen LogP contribution is -2.56. The third kappa shape index (κ3) is 8.07. The number of hydrogen-bond acceptors (Lipinski definition) is 7. The highest BCUT2D eigenvalue weighted by molar-refractivity contribution is 5.91. The van der Waals surface area contributed by atoms with E-state index in [0.29, 0.717) is 71.7 Å². The van der Waals surface area contributed by atoms with Gasteiger partial charge in [-0.1, -0.05) is 24.3 Å². The SMILES string of the molecule is Cc1cc(C[C@@H](OC(=O)N2CCC(N3CCc4ccccc4NC3=O)CC2)C(=O)N2CCN(C3CCCCO3)CC2)cc(C(F)(F)F)c1N. The smallest absolute Gasteiger partial charge is 0.418 e. The number of nitrogens with zero attached hydrogens (tertiary/aromatic N) is 4. The number of nitrogens with two attached hydrogens (primary N) is 1. The Kier molecular flexibility index (Phi) is 10.5. The van der Waals surface area contributed by atoms with Crippen LogP contribution in [-0.4, -0.2) is 108 Å². The van der Waals surface area contributed by atoms with Gasteiger partial charge in [0, 0.05) is 76.3 Å². The van der Waals surface area contributed by atoms with Crippen molar-refractivity contribution >= 4 is 29.4 Å². The van der Waals surface area contributed by atoms with Crippen LogP contribution < -0.4 is 11.1 Å². The highest BCUT2D eigenvalue weighted by Gasteiger charge is 2.38. The maximum absolute atomic E-state index is 13.9. The zero-order valence-electron chi connectivity index (χ0n) is 27.8. The van der Waals surface area contributed by atoms with Crippen LogP contribution in [0.25, 0.3) is 0 Å². The molecule has 4 aliphatic rings. The molecule has 3 saturated heterocycles. The first-order chi connectivity index (χ1) is 23.5. The number of fused-ring (bicyclic) bond motifs is 1. The molecule has 4 amide bonds. The van der Waals surface area contributed by atoms with Crippen LogP contribution >= 0.6 is 0 Å². The molecule has 6 rings (SSSR count). The lowest BCUT2D eigenvalue weighted by Gasteiger charge is -2.41. The van der Waals surface area contributed by atoms with E-state index in [0.717, 1.165) is 36.6 Å². The minimum Gasteiger partial charge on any atom is -0.436 e. The molecule has 0 spiro atoms. The molecule has 3 N–H and O–H groups in total. The number of piperazine rings is 1. The van der Waals surface area contributed by atoms with Gasteiger partial charge in [0.15, 0.2) is 6.10 Å². The van der Waals surface area contributed by atoms with Crippen LogP contribution in [0.2, 0.25) is 0 Å². The molecule has 0 saturated carbocycles. The first-order valence-corrected chi connectivity index (χ1v) is 17.2. The Morgan fingerprint density at radius 1 is 1.00 bits per heavy atom. The number of nitrogens with one attached hydrogen (secondary N) is 1. The summed E-state index contributed by atoms with van der Waals surface area (Å²) in [6, 6.07) is 9.88. The number of aryl methyl sites for hydroxylation is 1. The summed E-state index contributed by atoms with van der Waals surface area (Å²) in [4.78, 5) is 47.7. The van der Waals surface area contributed by atoms with E-state index >= 15 is 0 Å². The van der Waals surface area contributed by atoms with Crippen molar-refractivity contribution in [3.63, 3.8) is 0 Å². The molecule has 2 atom stereocenters. The zero-order chi connectivity index (χ0) is 34.7. The van der Waals surface area contributed by atoms with Crippen molar-refractivity contribution in [2.24, 2.45) is 0 Å². The van der Waals surface area contributed by atoms with E-state index in [4.69, 9.17) is 15.2 Å². The maximum Gasteiger partial charge on any atom is 0.418 e. The second-order valence-electron chi connectivity index (χ2n) is 13.4. The molecular weight excluding hydrogens is 641 g/mol. The van der Waals surface area contributed by atoms with Crippen molar-refractivity contribution in [3.8, 4) is 0 Å². The number of anilines is 2. The lowest BCUT2D eigenvalue weighted by molar-refractivity contribution is -0.147. The van der Waals surface area contributed by atoms with E-state index in [1.165, 1.54) is 17.9 Å². The molecule has 2 aromatic carbocycles. The van der Waals surface area contributed by atoms with Crippen molar-refractivity contribution in [2.75, 3.05) is 63.5 Å². The van der Waals surface area contributed by atoms with Gasteiger partial charge in [-0.15, -0.1) is 0 Å². The maximum atomic E-state index is 13.9. The zero-order valence-corrected chi connectivity index (χ0v) is 27.8. The van der Waals surface area contributed by atoms with Crippen LogP contribution in [0, 0.1) is 6.92 Å². The summed E-state index contributed by atoms with van der Waals surface area (Å²) in [5.74, 6) is -0.448. The number of benzene rings is 2. The van der Waals surface area contributed by atoms with Crippen molar-refractivity contribution in [3.05, 3.63) is 58.7 Å². The number of carbonyl (C=O) groups is 3. The van der Waals surface area contributed by atoms with E-state index in [1.807, 2.05) is 29.2 Å². The molecule has 0 bridgehead atoms. The molecule has 2 aromatic rings. The Hall–Kier alpha value is -4.04. The number of halogens is 3. The number of alkyl halides is 3. The van der Waals surface area contributed by atoms with E-state index in [2.05, 4.69) is 10.2 Å². The molecule has 14 heteroatoms. The number of likely N-dealkylation sites (tertiary alicyclic amines) is 1.